The van der Waals surface area contributed by atoms with Crippen LogP contribution in [0.3, 0.4) is 0 Å². The van der Waals surface area contributed by atoms with Crippen LogP contribution in [0.15, 0.2) is 29.0 Å². The van der Waals surface area contributed by atoms with Gasteiger partial charge in [0.1, 0.15) is 11.8 Å². The first-order chi connectivity index (χ1) is 8.06. The van der Waals surface area contributed by atoms with E-state index in [-0.39, 0.29) is 17.1 Å². The maximum absolute atomic E-state index is 11.6. The number of amidine groups is 1. The number of aliphatic hydroxyl groups is 2. The number of allylic oxidation sites excluding steroid dienone is 2. The minimum Gasteiger partial charge on any atom is -0.714 e. The molecule has 0 aromatic heterocycles. The molecule has 0 radical (unpaired) electrons. The Balaban J connectivity index is 2.31. The van der Waals surface area contributed by atoms with Gasteiger partial charge in [0.05, 0.1) is 0 Å². The van der Waals surface area contributed by atoms with E-state index in [4.69, 9.17) is 10.9 Å². The zero-order chi connectivity index (χ0) is 12.6. The predicted molar refractivity (Wildman–Crippen MR) is 58.2 cm³/mol. The third-order valence-electron chi connectivity index (χ3n) is 2.67. The zero-order valence-corrected chi connectivity index (χ0v) is 8.69. The van der Waals surface area contributed by atoms with Gasteiger partial charge in [-0.25, -0.2) is 10.1 Å². The average Bonchev–Trinajstić information content (AvgIpc) is 2.57. The van der Waals surface area contributed by atoms with E-state index in [1.807, 2.05) is 0 Å². The van der Waals surface area contributed by atoms with Gasteiger partial charge >= 0.3 is 0 Å². The maximum atomic E-state index is 11.6. The Morgan fingerprint density at radius 1 is 1.47 bits per heavy atom. The van der Waals surface area contributed by atoms with Crippen molar-refractivity contribution >= 4 is 11.5 Å². The van der Waals surface area contributed by atoms with E-state index >= 15 is 0 Å². The molecule has 6 N–H and O–H groups in total. The minimum atomic E-state index is -1.26. The summed E-state index contributed by atoms with van der Waals surface area (Å²) >= 11 is 0. The molecule has 2 rings (SSSR count). The number of hydroxylamine groups is 1. The summed E-state index contributed by atoms with van der Waals surface area (Å²) < 4.78 is 0.369. The molecule has 0 aromatic carbocycles. The lowest BCUT2D eigenvalue weighted by molar-refractivity contribution is -0.488. The van der Waals surface area contributed by atoms with Gasteiger partial charge in [0.15, 0.2) is 6.17 Å². The highest BCUT2D eigenvalue weighted by Gasteiger charge is 2.37. The third-order valence-corrected chi connectivity index (χ3v) is 2.67. The smallest absolute Gasteiger partial charge is 0.292 e. The summed E-state index contributed by atoms with van der Waals surface area (Å²) in [6.07, 6.45) is 0.951. The molecule has 3 atom stereocenters. The van der Waals surface area contributed by atoms with Crippen molar-refractivity contribution in [3.8, 4) is 0 Å². The Kier molecular flexibility index (Phi) is 2.84. The Morgan fingerprint density at radius 2 is 2.18 bits per heavy atom. The fraction of sp³-hybridized carbons (Fsp3) is 0.333. The zero-order valence-electron chi connectivity index (χ0n) is 8.69. The third kappa shape index (κ3) is 1.78. The standard InChI is InChI=1S/C9H12N4O4/c10-7-9(15)11-8(13(7)17)4-2-1-3-5(12-16)6(4)14/h1-3,6,8-9,11,14-16H,10H2/b12-5-. The average molecular weight is 240 g/mol. The van der Waals surface area contributed by atoms with Crippen LogP contribution in [-0.2, 0) is 0 Å². The van der Waals surface area contributed by atoms with Crippen LogP contribution in [0.5, 0.6) is 0 Å². The SMILES string of the molecule is NC1=[N+]([O-])C(C2=CC=C/C(=N/O)C2O)NC1O. The van der Waals surface area contributed by atoms with Crippen molar-refractivity contribution < 1.29 is 20.2 Å². The molecule has 1 aliphatic carbocycles. The number of aliphatic hydroxyl groups excluding tert-OH is 2. The van der Waals surface area contributed by atoms with Crippen molar-refractivity contribution in [3.63, 3.8) is 0 Å². The highest BCUT2D eigenvalue weighted by atomic mass is 16.5. The quantitative estimate of drug-likeness (QED) is 0.152. The molecule has 0 spiro atoms. The van der Waals surface area contributed by atoms with Crippen molar-refractivity contribution in [3.05, 3.63) is 29.0 Å². The van der Waals surface area contributed by atoms with Crippen molar-refractivity contribution in [1.82, 2.24) is 5.32 Å². The van der Waals surface area contributed by atoms with Crippen molar-refractivity contribution in [2.45, 2.75) is 18.5 Å². The molecular weight excluding hydrogens is 228 g/mol. The summed E-state index contributed by atoms with van der Waals surface area (Å²) in [5.41, 5.74) is 5.60. The molecule has 8 heteroatoms. The summed E-state index contributed by atoms with van der Waals surface area (Å²) in [7, 11) is 0. The first-order valence-corrected chi connectivity index (χ1v) is 4.87. The second-order valence-corrected chi connectivity index (χ2v) is 3.68. The topological polar surface area (TPSA) is 137 Å². The lowest BCUT2D eigenvalue weighted by Crippen LogP contribution is -2.42. The van der Waals surface area contributed by atoms with Crippen molar-refractivity contribution in [2.24, 2.45) is 10.9 Å². The van der Waals surface area contributed by atoms with Crippen LogP contribution in [-0.4, -0.2) is 50.2 Å². The van der Waals surface area contributed by atoms with Crippen LogP contribution in [0.1, 0.15) is 0 Å². The van der Waals surface area contributed by atoms with Crippen LogP contribution in [0.25, 0.3) is 0 Å². The molecule has 3 unspecified atom stereocenters. The number of oxime groups is 1. The van der Waals surface area contributed by atoms with Gasteiger partial charge in [0.25, 0.3) is 5.84 Å². The highest BCUT2D eigenvalue weighted by Crippen LogP contribution is 2.18. The molecule has 92 valence electrons. The molecule has 2 aliphatic rings. The fourth-order valence-electron chi connectivity index (χ4n) is 1.74. The summed E-state index contributed by atoms with van der Waals surface area (Å²) in [6.45, 7) is 0. The van der Waals surface area contributed by atoms with Gasteiger partial charge in [-0.3, -0.25) is 5.73 Å². The van der Waals surface area contributed by atoms with Gasteiger partial charge in [0.2, 0.25) is 6.23 Å². The molecule has 1 aliphatic heterocycles. The number of hydrogen-bond acceptors (Lipinski definition) is 7. The number of nitrogens with one attached hydrogen (secondary N) is 1. The van der Waals surface area contributed by atoms with E-state index in [9.17, 15) is 15.4 Å². The molecule has 0 fully saturated rings. The summed E-state index contributed by atoms with van der Waals surface area (Å²) in [4.78, 5) is 0. The molecule has 1 heterocycles. The predicted octanol–water partition coefficient (Wildman–Crippen LogP) is -2.21. The number of nitrogens with zero attached hydrogens (tertiary/aromatic N) is 2. The lowest BCUT2D eigenvalue weighted by Gasteiger charge is -2.24. The molecular formula is C9H12N4O4. The highest BCUT2D eigenvalue weighted by molar-refractivity contribution is 6.01. The lowest BCUT2D eigenvalue weighted by atomic mass is 9.97. The van der Waals surface area contributed by atoms with Crippen LogP contribution < -0.4 is 11.1 Å². The Labute approximate surface area is 96.2 Å². The van der Waals surface area contributed by atoms with Crippen LogP contribution in [0, 0.1) is 5.21 Å². The largest absolute Gasteiger partial charge is 0.714 e. The molecule has 0 amide bonds. The normalized spacial score (nSPS) is 35.5. The molecule has 0 bridgehead atoms. The Hall–Kier alpha value is -1.90. The summed E-state index contributed by atoms with van der Waals surface area (Å²) in [5.74, 6) is -0.278. The monoisotopic (exact) mass is 240 g/mol. The second-order valence-electron chi connectivity index (χ2n) is 3.68. The first-order valence-electron chi connectivity index (χ1n) is 4.87. The Morgan fingerprint density at radius 3 is 2.71 bits per heavy atom. The van der Waals surface area contributed by atoms with Gasteiger partial charge in [0, 0.05) is 5.57 Å². The minimum absolute atomic E-state index is 0.0117. The molecule has 0 saturated carbocycles. The molecule has 8 nitrogen and oxygen atoms in total. The first kappa shape index (κ1) is 11.6. The molecule has 17 heavy (non-hydrogen) atoms. The number of hydrogen-bond donors (Lipinski definition) is 5. The molecule has 0 saturated heterocycles. The van der Waals surface area contributed by atoms with Gasteiger partial charge < -0.3 is 20.6 Å². The van der Waals surface area contributed by atoms with Crippen molar-refractivity contribution in [1.29, 1.82) is 0 Å². The van der Waals surface area contributed by atoms with E-state index in [0.717, 1.165) is 0 Å². The summed E-state index contributed by atoms with van der Waals surface area (Å²) in [5, 5.41) is 44.9. The van der Waals surface area contributed by atoms with E-state index in [1.165, 1.54) is 18.2 Å². The van der Waals surface area contributed by atoms with Crippen LogP contribution in [0.4, 0.5) is 0 Å². The van der Waals surface area contributed by atoms with Gasteiger partial charge in [-0.05, 0) is 6.08 Å². The van der Waals surface area contributed by atoms with Crippen LogP contribution in [0.2, 0.25) is 0 Å². The van der Waals surface area contributed by atoms with Gasteiger partial charge in [-0.2, -0.15) is 0 Å². The van der Waals surface area contributed by atoms with Crippen molar-refractivity contribution in [2.75, 3.05) is 0 Å². The van der Waals surface area contributed by atoms with E-state index in [0.29, 0.717) is 4.74 Å². The summed E-state index contributed by atoms with van der Waals surface area (Å²) in [6, 6.07) is 0. The second kappa shape index (κ2) is 4.17. The van der Waals surface area contributed by atoms with Gasteiger partial charge in [-0.1, -0.05) is 17.3 Å². The van der Waals surface area contributed by atoms with E-state index < -0.39 is 18.5 Å². The fourth-order valence-corrected chi connectivity index (χ4v) is 1.74. The van der Waals surface area contributed by atoms with E-state index in [2.05, 4.69) is 10.5 Å². The van der Waals surface area contributed by atoms with Gasteiger partial charge in [-0.15, -0.1) is 0 Å². The van der Waals surface area contributed by atoms with Crippen LogP contribution >= 0.6 is 0 Å². The Bertz CT molecular complexity index is 454. The number of nitrogens with two attached hydrogens (primary N) is 1. The molecule has 0 aromatic rings. The number of rotatable bonds is 1. The maximum Gasteiger partial charge on any atom is 0.292 e. The van der Waals surface area contributed by atoms with E-state index in [1.54, 1.807) is 0 Å².